The van der Waals surface area contributed by atoms with Crippen molar-refractivity contribution < 1.29 is 4.79 Å². The molecule has 0 saturated heterocycles. The first-order valence-electron chi connectivity index (χ1n) is 6.49. The third-order valence-electron chi connectivity index (χ3n) is 2.82. The molecule has 1 unspecified atom stereocenters. The standard InChI is InChI=1S/C15H18N2OS2/c1-11(19-10-13-6-4-3-5-7-13)15(18)17-9-14-8-16-12(2)20-14/h3-8,11H,9-10H2,1-2H3,(H,17,18). The average molecular weight is 306 g/mol. The molecule has 0 fully saturated rings. The highest BCUT2D eigenvalue weighted by atomic mass is 32.2. The van der Waals surface area contributed by atoms with Crippen molar-refractivity contribution in [2.75, 3.05) is 0 Å². The van der Waals surface area contributed by atoms with Crippen LogP contribution in [0.1, 0.15) is 22.4 Å². The van der Waals surface area contributed by atoms with Crippen molar-refractivity contribution in [2.45, 2.75) is 31.4 Å². The molecule has 0 aliphatic carbocycles. The Morgan fingerprint density at radius 2 is 2.15 bits per heavy atom. The molecule has 0 saturated carbocycles. The van der Waals surface area contributed by atoms with Gasteiger partial charge in [0.05, 0.1) is 16.8 Å². The lowest BCUT2D eigenvalue weighted by atomic mass is 10.2. The highest BCUT2D eigenvalue weighted by molar-refractivity contribution is 7.99. The van der Waals surface area contributed by atoms with Gasteiger partial charge in [-0.15, -0.1) is 23.1 Å². The van der Waals surface area contributed by atoms with Crippen LogP contribution in [0.25, 0.3) is 0 Å². The van der Waals surface area contributed by atoms with Gasteiger partial charge in [-0.05, 0) is 19.4 Å². The number of amides is 1. The summed E-state index contributed by atoms with van der Waals surface area (Å²) < 4.78 is 0. The zero-order valence-corrected chi connectivity index (χ0v) is 13.3. The molecule has 1 N–H and O–H groups in total. The lowest BCUT2D eigenvalue weighted by Gasteiger charge is -2.11. The molecule has 0 spiro atoms. The van der Waals surface area contributed by atoms with Crippen molar-refractivity contribution in [3.05, 3.63) is 52.0 Å². The summed E-state index contributed by atoms with van der Waals surface area (Å²) in [5, 5.41) is 3.94. The number of thiazole rings is 1. The Kier molecular flexibility index (Phi) is 5.61. The highest BCUT2D eigenvalue weighted by Crippen LogP contribution is 2.18. The summed E-state index contributed by atoms with van der Waals surface area (Å²) in [7, 11) is 0. The van der Waals surface area contributed by atoms with E-state index in [2.05, 4.69) is 22.4 Å². The van der Waals surface area contributed by atoms with Crippen molar-refractivity contribution >= 4 is 29.0 Å². The van der Waals surface area contributed by atoms with Crippen molar-refractivity contribution in [1.29, 1.82) is 0 Å². The molecule has 0 aliphatic rings. The van der Waals surface area contributed by atoms with Gasteiger partial charge in [0.25, 0.3) is 0 Å². The monoisotopic (exact) mass is 306 g/mol. The molecule has 1 atom stereocenters. The number of thioether (sulfide) groups is 1. The van der Waals surface area contributed by atoms with E-state index in [9.17, 15) is 4.79 Å². The minimum absolute atomic E-state index is 0.0516. The predicted molar refractivity (Wildman–Crippen MR) is 85.9 cm³/mol. The summed E-state index contributed by atoms with van der Waals surface area (Å²) >= 11 is 3.27. The van der Waals surface area contributed by atoms with Gasteiger partial charge in [0.15, 0.2) is 0 Å². The van der Waals surface area contributed by atoms with Crippen LogP contribution in [0.5, 0.6) is 0 Å². The molecular weight excluding hydrogens is 288 g/mol. The van der Waals surface area contributed by atoms with E-state index < -0.39 is 0 Å². The third-order valence-corrected chi connectivity index (χ3v) is 4.94. The second-order valence-electron chi connectivity index (χ2n) is 4.50. The Balaban J connectivity index is 1.74. The lowest BCUT2D eigenvalue weighted by molar-refractivity contribution is -0.120. The molecule has 1 amide bonds. The van der Waals surface area contributed by atoms with E-state index in [0.717, 1.165) is 15.6 Å². The van der Waals surface area contributed by atoms with E-state index in [-0.39, 0.29) is 11.2 Å². The van der Waals surface area contributed by atoms with E-state index >= 15 is 0 Å². The second kappa shape index (κ2) is 7.45. The minimum atomic E-state index is -0.0516. The molecule has 1 aromatic heterocycles. The van der Waals surface area contributed by atoms with Crippen LogP contribution in [0.3, 0.4) is 0 Å². The van der Waals surface area contributed by atoms with Crippen molar-refractivity contribution in [2.24, 2.45) is 0 Å². The van der Waals surface area contributed by atoms with Gasteiger partial charge in [-0.3, -0.25) is 4.79 Å². The molecule has 0 aliphatic heterocycles. The molecule has 5 heteroatoms. The number of hydrogen-bond acceptors (Lipinski definition) is 4. The van der Waals surface area contributed by atoms with Crippen LogP contribution in [0.4, 0.5) is 0 Å². The highest BCUT2D eigenvalue weighted by Gasteiger charge is 2.13. The number of aryl methyl sites for hydroxylation is 1. The maximum absolute atomic E-state index is 12.0. The Bertz CT molecular complexity index is 554. The Morgan fingerprint density at radius 1 is 1.40 bits per heavy atom. The first kappa shape index (κ1) is 15.1. The van der Waals surface area contributed by atoms with Crippen molar-refractivity contribution in [3.63, 3.8) is 0 Å². The molecule has 1 heterocycles. The maximum atomic E-state index is 12.0. The second-order valence-corrected chi connectivity index (χ2v) is 7.15. The van der Waals surface area contributed by atoms with E-state index in [1.54, 1.807) is 23.1 Å². The molecule has 0 radical (unpaired) electrons. The summed E-state index contributed by atoms with van der Waals surface area (Å²) in [6.45, 7) is 4.48. The lowest BCUT2D eigenvalue weighted by Crippen LogP contribution is -2.30. The number of carbonyl (C=O) groups is 1. The average Bonchev–Trinajstić information content (AvgIpc) is 2.89. The fourth-order valence-electron chi connectivity index (χ4n) is 1.68. The van der Waals surface area contributed by atoms with Crippen LogP contribution >= 0.6 is 23.1 Å². The number of rotatable bonds is 6. The van der Waals surface area contributed by atoms with Crippen molar-refractivity contribution in [1.82, 2.24) is 10.3 Å². The number of aromatic nitrogens is 1. The summed E-state index contributed by atoms with van der Waals surface area (Å²) in [4.78, 5) is 17.3. The van der Waals surface area contributed by atoms with Crippen molar-refractivity contribution in [3.8, 4) is 0 Å². The van der Waals surface area contributed by atoms with Crippen LogP contribution in [-0.2, 0) is 17.1 Å². The molecular formula is C15H18N2OS2. The Morgan fingerprint density at radius 3 is 2.80 bits per heavy atom. The van der Waals surface area contributed by atoms with Crippen LogP contribution < -0.4 is 5.32 Å². The first-order chi connectivity index (χ1) is 9.65. The van der Waals surface area contributed by atoms with E-state index in [1.807, 2.05) is 38.2 Å². The van der Waals surface area contributed by atoms with Crippen LogP contribution in [0.2, 0.25) is 0 Å². The first-order valence-corrected chi connectivity index (χ1v) is 8.36. The molecule has 0 bridgehead atoms. The van der Waals surface area contributed by atoms with E-state index in [0.29, 0.717) is 6.54 Å². The Hall–Kier alpha value is -1.33. The number of benzene rings is 1. The number of carbonyl (C=O) groups excluding carboxylic acids is 1. The zero-order chi connectivity index (χ0) is 14.4. The fourth-order valence-corrected chi connectivity index (χ4v) is 3.28. The normalized spacial score (nSPS) is 12.1. The SMILES string of the molecule is Cc1ncc(CNC(=O)C(C)SCc2ccccc2)s1. The number of nitrogens with one attached hydrogen (secondary N) is 1. The molecule has 2 aromatic rings. The van der Waals surface area contributed by atoms with Gasteiger partial charge in [0.2, 0.25) is 5.91 Å². The fraction of sp³-hybridized carbons (Fsp3) is 0.333. The molecule has 3 nitrogen and oxygen atoms in total. The molecule has 106 valence electrons. The van der Waals surface area contributed by atoms with Gasteiger partial charge in [-0.1, -0.05) is 30.3 Å². The molecule has 20 heavy (non-hydrogen) atoms. The van der Waals surface area contributed by atoms with Gasteiger partial charge in [0.1, 0.15) is 0 Å². The van der Waals surface area contributed by atoms with E-state index in [4.69, 9.17) is 0 Å². The van der Waals surface area contributed by atoms with Gasteiger partial charge in [0, 0.05) is 16.8 Å². The van der Waals surface area contributed by atoms with Gasteiger partial charge < -0.3 is 5.32 Å². The maximum Gasteiger partial charge on any atom is 0.233 e. The largest absolute Gasteiger partial charge is 0.350 e. The van der Waals surface area contributed by atoms with Crippen LogP contribution in [-0.4, -0.2) is 16.1 Å². The summed E-state index contributed by atoms with van der Waals surface area (Å²) in [6, 6.07) is 10.2. The summed E-state index contributed by atoms with van der Waals surface area (Å²) in [5.74, 6) is 0.937. The van der Waals surface area contributed by atoms with Gasteiger partial charge in [-0.25, -0.2) is 4.98 Å². The van der Waals surface area contributed by atoms with Gasteiger partial charge in [-0.2, -0.15) is 0 Å². The number of hydrogen-bond donors (Lipinski definition) is 1. The Labute approximate surface area is 127 Å². The minimum Gasteiger partial charge on any atom is -0.350 e. The topological polar surface area (TPSA) is 42.0 Å². The summed E-state index contributed by atoms with van der Waals surface area (Å²) in [6.07, 6.45) is 1.82. The smallest absolute Gasteiger partial charge is 0.233 e. The summed E-state index contributed by atoms with van der Waals surface area (Å²) in [5.41, 5.74) is 1.25. The van der Waals surface area contributed by atoms with Gasteiger partial charge >= 0.3 is 0 Å². The van der Waals surface area contributed by atoms with E-state index in [1.165, 1.54) is 5.56 Å². The van der Waals surface area contributed by atoms with Crippen LogP contribution in [0, 0.1) is 6.92 Å². The quantitative estimate of drug-likeness (QED) is 0.889. The predicted octanol–water partition coefficient (Wildman–Crippen LogP) is 3.39. The third kappa shape index (κ3) is 4.65. The number of nitrogens with zero attached hydrogens (tertiary/aromatic N) is 1. The zero-order valence-electron chi connectivity index (χ0n) is 11.6. The van der Waals surface area contributed by atoms with Crippen LogP contribution in [0.15, 0.2) is 36.5 Å². The molecule has 2 rings (SSSR count). The molecule has 1 aromatic carbocycles.